The van der Waals surface area contributed by atoms with Crippen LogP contribution in [0, 0.1) is 0 Å². The molecule has 2 heterocycles. The van der Waals surface area contributed by atoms with Crippen LogP contribution in [0.2, 0.25) is 0 Å². The number of carbonyl (C=O) groups excluding carboxylic acids is 1. The lowest BCUT2D eigenvalue weighted by molar-refractivity contribution is 0.101. The Morgan fingerprint density at radius 2 is 2.11 bits per heavy atom. The molecule has 0 aliphatic heterocycles. The summed E-state index contributed by atoms with van der Waals surface area (Å²) in [6.07, 6.45) is 3.08. The van der Waals surface area contributed by atoms with Crippen LogP contribution in [-0.4, -0.2) is 25.9 Å². The van der Waals surface area contributed by atoms with E-state index >= 15 is 0 Å². The number of benzene rings is 1. The maximum atomic E-state index is 11.5. The van der Waals surface area contributed by atoms with Gasteiger partial charge in [-0.15, -0.1) is 0 Å². The molecule has 0 radical (unpaired) electrons. The Kier molecular flexibility index (Phi) is 2.49. The minimum absolute atomic E-state index is 0.0945. The van der Waals surface area contributed by atoms with Gasteiger partial charge in [0.1, 0.15) is 5.69 Å². The molecule has 0 fully saturated rings. The van der Waals surface area contributed by atoms with Crippen LogP contribution in [0.15, 0.2) is 35.4 Å². The number of H-pyrrole nitrogens is 2. The normalized spacial score (nSPS) is 10.8. The number of carbonyl (C=O) groups is 1. The van der Waals surface area contributed by atoms with Crippen LogP contribution in [0.1, 0.15) is 17.4 Å². The standard InChI is InChI=1S/C13H10N4O2/c1-7(18)12-10-4-8(2-3-11(10)16-17-12)9-5-14-13(19)15-6-9/h2-6H,1H3,(H,16,17)(H,14,15,19). The lowest BCUT2D eigenvalue weighted by Crippen LogP contribution is -2.07. The third-order valence-corrected chi connectivity index (χ3v) is 2.90. The molecule has 0 unspecified atom stereocenters. The Labute approximate surface area is 107 Å². The largest absolute Gasteiger partial charge is 0.344 e. The number of hydrogen-bond acceptors (Lipinski definition) is 4. The SMILES string of the molecule is CC(=O)c1n[nH]c2ccc(-c3cnc(=O)[nH]c3)cc12. The number of rotatable bonds is 2. The van der Waals surface area contributed by atoms with Crippen LogP contribution < -0.4 is 5.69 Å². The molecule has 0 spiro atoms. The van der Waals surface area contributed by atoms with E-state index in [4.69, 9.17) is 0 Å². The average Bonchev–Trinajstić information content (AvgIpc) is 2.82. The van der Waals surface area contributed by atoms with Gasteiger partial charge >= 0.3 is 5.69 Å². The van der Waals surface area contributed by atoms with Crippen molar-refractivity contribution in [3.8, 4) is 11.1 Å². The Morgan fingerprint density at radius 3 is 2.79 bits per heavy atom. The van der Waals surface area contributed by atoms with Crippen molar-refractivity contribution in [2.75, 3.05) is 0 Å². The van der Waals surface area contributed by atoms with Gasteiger partial charge in [-0.25, -0.2) is 9.78 Å². The molecular formula is C13H10N4O2. The minimum atomic E-state index is -0.391. The van der Waals surface area contributed by atoms with Crippen molar-refractivity contribution in [2.24, 2.45) is 0 Å². The summed E-state index contributed by atoms with van der Waals surface area (Å²) >= 11 is 0. The summed E-state index contributed by atoms with van der Waals surface area (Å²) in [5, 5.41) is 7.57. The third-order valence-electron chi connectivity index (χ3n) is 2.90. The smallest absolute Gasteiger partial charge is 0.312 e. The lowest BCUT2D eigenvalue weighted by atomic mass is 10.1. The van der Waals surface area contributed by atoms with Gasteiger partial charge in [-0.05, 0) is 17.7 Å². The second-order valence-corrected chi connectivity index (χ2v) is 4.20. The van der Waals surface area contributed by atoms with Gasteiger partial charge in [-0.1, -0.05) is 6.07 Å². The first-order valence-corrected chi connectivity index (χ1v) is 5.69. The van der Waals surface area contributed by atoms with E-state index < -0.39 is 5.69 Å². The van der Waals surface area contributed by atoms with E-state index in [1.54, 1.807) is 6.20 Å². The summed E-state index contributed by atoms with van der Waals surface area (Å²) < 4.78 is 0. The summed E-state index contributed by atoms with van der Waals surface area (Å²) in [5.74, 6) is -0.0945. The topological polar surface area (TPSA) is 91.5 Å². The Balaban J connectivity index is 2.20. The van der Waals surface area contributed by atoms with Crippen molar-refractivity contribution in [1.82, 2.24) is 20.2 Å². The Bertz CT molecular complexity index is 812. The highest BCUT2D eigenvalue weighted by Gasteiger charge is 2.11. The third kappa shape index (κ3) is 1.93. The van der Waals surface area contributed by atoms with Gasteiger partial charge in [0.05, 0.1) is 5.52 Å². The molecular weight excluding hydrogens is 244 g/mol. The fourth-order valence-corrected chi connectivity index (χ4v) is 1.96. The van der Waals surface area contributed by atoms with Crippen molar-refractivity contribution in [2.45, 2.75) is 6.92 Å². The second kappa shape index (κ2) is 4.16. The first-order chi connectivity index (χ1) is 9.15. The van der Waals surface area contributed by atoms with Gasteiger partial charge in [0, 0.05) is 30.3 Å². The fourth-order valence-electron chi connectivity index (χ4n) is 1.96. The number of aromatic amines is 2. The molecule has 0 amide bonds. The van der Waals surface area contributed by atoms with Gasteiger partial charge in [0.15, 0.2) is 5.78 Å². The average molecular weight is 254 g/mol. The first kappa shape index (κ1) is 11.3. The van der Waals surface area contributed by atoms with Gasteiger partial charge in [-0.2, -0.15) is 5.10 Å². The van der Waals surface area contributed by atoms with Crippen molar-refractivity contribution < 1.29 is 4.79 Å². The zero-order valence-electron chi connectivity index (χ0n) is 10.1. The summed E-state index contributed by atoms with van der Waals surface area (Å²) in [6.45, 7) is 1.48. The molecule has 3 aromatic rings. The van der Waals surface area contributed by atoms with E-state index in [2.05, 4.69) is 20.2 Å². The maximum absolute atomic E-state index is 11.5. The summed E-state index contributed by atoms with van der Waals surface area (Å²) in [6, 6.07) is 5.57. The van der Waals surface area contributed by atoms with Crippen molar-refractivity contribution in [3.05, 3.63) is 46.8 Å². The Hall–Kier alpha value is -2.76. The summed E-state index contributed by atoms with van der Waals surface area (Å²) in [5.41, 5.74) is 2.45. The van der Waals surface area contributed by atoms with Crippen LogP contribution in [0.25, 0.3) is 22.0 Å². The van der Waals surface area contributed by atoms with E-state index in [9.17, 15) is 9.59 Å². The molecule has 0 aliphatic carbocycles. The molecule has 3 rings (SSSR count). The molecule has 0 saturated carbocycles. The first-order valence-electron chi connectivity index (χ1n) is 5.69. The van der Waals surface area contributed by atoms with Gasteiger partial charge in [-0.3, -0.25) is 9.89 Å². The van der Waals surface area contributed by atoms with Crippen LogP contribution in [0.5, 0.6) is 0 Å². The highest BCUT2D eigenvalue weighted by molar-refractivity contribution is 6.05. The number of Topliss-reactive ketones (excluding diaryl/α,β-unsaturated/α-hetero) is 1. The van der Waals surface area contributed by atoms with Crippen molar-refractivity contribution in [3.63, 3.8) is 0 Å². The molecule has 94 valence electrons. The molecule has 2 aromatic heterocycles. The van der Waals surface area contributed by atoms with E-state index in [0.717, 1.165) is 22.0 Å². The lowest BCUT2D eigenvalue weighted by Gasteiger charge is -2.00. The predicted octanol–water partition coefficient (Wildman–Crippen LogP) is 1.52. The van der Waals surface area contributed by atoms with Gasteiger partial charge < -0.3 is 4.98 Å². The Morgan fingerprint density at radius 1 is 1.26 bits per heavy atom. The molecule has 1 aromatic carbocycles. The highest BCUT2D eigenvalue weighted by atomic mass is 16.1. The molecule has 19 heavy (non-hydrogen) atoms. The minimum Gasteiger partial charge on any atom is -0.312 e. The number of fused-ring (bicyclic) bond motifs is 1. The van der Waals surface area contributed by atoms with E-state index in [1.807, 2.05) is 18.2 Å². The molecule has 6 nitrogen and oxygen atoms in total. The van der Waals surface area contributed by atoms with Gasteiger partial charge in [0.25, 0.3) is 0 Å². The molecule has 2 N–H and O–H groups in total. The number of nitrogens with zero attached hydrogens (tertiary/aromatic N) is 2. The molecule has 6 heteroatoms. The zero-order valence-corrected chi connectivity index (χ0v) is 10.1. The molecule has 0 bridgehead atoms. The molecule has 0 atom stereocenters. The van der Waals surface area contributed by atoms with Crippen LogP contribution in [0.3, 0.4) is 0 Å². The fraction of sp³-hybridized carbons (Fsp3) is 0.0769. The maximum Gasteiger partial charge on any atom is 0.344 e. The van der Waals surface area contributed by atoms with Crippen LogP contribution in [-0.2, 0) is 0 Å². The number of nitrogens with one attached hydrogen (secondary N) is 2. The number of hydrogen-bond donors (Lipinski definition) is 2. The zero-order chi connectivity index (χ0) is 13.4. The van der Waals surface area contributed by atoms with Gasteiger partial charge in [0.2, 0.25) is 0 Å². The summed E-state index contributed by atoms with van der Waals surface area (Å²) in [4.78, 5) is 28.6. The highest BCUT2D eigenvalue weighted by Crippen LogP contribution is 2.24. The predicted molar refractivity (Wildman–Crippen MR) is 69.9 cm³/mol. The van der Waals surface area contributed by atoms with E-state index in [-0.39, 0.29) is 5.78 Å². The van der Waals surface area contributed by atoms with Crippen LogP contribution >= 0.6 is 0 Å². The molecule has 0 saturated heterocycles. The van der Waals surface area contributed by atoms with Crippen molar-refractivity contribution >= 4 is 16.7 Å². The molecule has 0 aliphatic rings. The van der Waals surface area contributed by atoms with E-state index in [1.165, 1.54) is 13.1 Å². The van der Waals surface area contributed by atoms with Crippen LogP contribution in [0.4, 0.5) is 0 Å². The number of aromatic nitrogens is 4. The monoisotopic (exact) mass is 254 g/mol. The number of ketones is 1. The second-order valence-electron chi connectivity index (χ2n) is 4.20. The summed E-state index contributed by atoms with van der Waals surface area (Å²) in [7, 11) is 0. The quantitative estimate of drug-likeness (QED) is 0.678. The van der Waals surface area contributed by atoms with E-state index in [0.29, 0.717) is 5.69 Å². The van der Waals surface area contributed by atoms with Crippen molar-refractivity contribution in [1.29, 1.82) is 0 Å².